The molecule has 0 radical (unpaired) electrons. The highest BCUT2D eigenvalue weighted by molar-refractivity contribution is 7.95. The Kier molecular flexibility index (Phi) is 8.44. The number of carbonyl (C=O) groups is 1. The Morgan fingerprint density at radius 3 is 1.59 bits per heavy atom. The maximum absolute atomic E-state index is 11.8. The predicted octanol–water partition coefficient (Wildman–Crippen LogP) is 4.52. The Balaban J connectivity index is 1.75. The molecule has 3 aromatic carbocycles. The number of hydrogen-bond donors (Lipinski definition) is 1. The van der Waals surface area contributed by atoms with E-state index in [4.69, 9.17) is 9.47 Å². The number of nitrogens with one attached hydrogen (secondary N) is 1. The summed E-state index contributed by atoms with van der Waals surface area (Å²) in [5, 5.41) is 6.78. The van der Waals surface area contributed by atoms with Crippen molar-refractivity contribution in [1.29, 1.82) is 0 Å². The van der Waals surface area contributed by atoms with Crippen LogP contribution in [-0.2, 0) is 9.47 Å². The lowest BCUT2D eigenvalue weighted by molar-refractivity contribution is 0.0503. The molecule has 0 unspecified atom stereocenters. The molecule has 0 saturated heterocycles. The lowest BCUT2D eigenvalue weighted by atomic mass is 10.2. The summed E-state index contributed by atoms with van der Waals surface area (Å²) in [4.78, 5) is 11.8. The molecule has 0 atom stereocenters. The second-order valence-corrected chi connectivity index (χ2v) is 12.2. The normalized spacial score (nSPS) is 11.7. The van der Waals surface area contributed by atoms with Crippen molar-refractivity contribution in [3.63, 3.8) is 0 Å². The van der Waals surface area contributed by atoms with E-state index in [9.17, 15) is 4.79 Å². The fourth-order valence-corrected chi connectivity index (χ4v) is 7.84. The molecule has 4 nitrogen and oxygen atoms in total. The molecule has 1 N–H and O–H groups in total. The summed E-state index contributed by atoms with van der Waals surface area (Å²) in [6, 6.07) is 32.3. The molecule has 0 fully saturated rings. The summed E-state index contributed by atoms with van der Waals surface area (Å²) >= 11 is 0. The largest absolute Gasteiger partial charge is 0.444 e. The third kappa shape index (κ3) is 6.41. The van der Waals surface area contributed by atoms with E-state index in [1.807, 2.05) is 20.8 Å². The highest BCUT2D eigenvalue weighted by atomic mass is 31.2. The lowest BCUT2D eigenvalue weighted by Crippen LogP contribution is -2.36. The summed E-state index contributed by atoms with van der Waals surface area (Å²) in [6.07, 6.45) is 0.470. The molecule has 3 rings (SSSR count). The maximum Gasteiger partial charge on any atom is 0.407 e. The molecule has 1 amide bonds. The van der Waals surface area contributed by atoms with Gasteiger partial charge < -0.3 is 14.8 Å². The van der Waals surface area contributed by atoms with Crippen LogP contribution in [0.4, 0.5) is 4.79 Å². The number of carbonyl (C=O) groups excluding carboxylic acids is 1. The van der Waals surface area contributed by atoms with Crippen LogP contribution in [0.15, 0.2) is 91.0 Å². The monoisotopic (exact) mass is 450 g/mol. The molecule has 5 heteroatoms. The molecule has 0 bridgehead atoms. The minimum atomic E-state index is -1.89. The first-order chi connectivity index (χ1) is 15.4. The van der Waals surface area contributed by atoms with Gasteiger partial charge in [-0.2, -0.15) is 0 Å². The first kappa shape index (κ1) is 24.0. The zero-order valence-corrected chi connectivity index (χ0v) is 20.1. The highest BCUT2D eigenvalue weighted by Gasteiger charge is 2.44. The van der Waals surface area contributed by atoms with Crippen molar-refractivity contribution in [3.05, 3.63) is 91.0 Å². The topological polar surface area (TPSA) is 47.6 Å². The van der Waals surface area contributed by atoms with Gasteiger partial charge in [-0.15, -0.1) is 0 Å². The van der Waals surface area contributed by atoms with Crippen LogP contribution in [0, 0.1) is 0 Å². The van der Waals surface area contributed by atoms with Gasteiger partial charge in [0.15, 0.2) is 0 Å². The Morgan fingerprint density at radius 2 is 1.19 bits per heavy atom. The lowest BCUT2D eigenvalue weighted by Gasteiger charge is -2.27. The van der Waals surface area contributed by atoms with Gasteiger partial charge in [-0.1, -0.05) is 54.6 Å². The van der Waals surface area contributed by atoms with Crippen LogP contribution in [0.25, 0.3) is 0 Å². The number of amides is 1. The number of alkyl carbamates (subject to hydrolysis) is 1. The van der Waals surface area contributed by atoms with Crippen molar-refractivity contribution >= 4 is 29.3 Å². The minimum absolute atomic E-state index is 0.416. The van der Waals surface area contributed by atoms with Gasteiger partial charge in [0.2, 0.25) is 0 Å². The average Bonchev–Trinajstić information content (AvgIpc) is 2.79. The maximum atomic E-state index is 11.8. The van der Waals surface area contributed by atoms with Gasteiger partial charge in [-0.25, -0.2) is 4.79 Å². The molecule has 0 spiro atoms. The predicted molar refractivity (Wildman–Crippen MR) is 135 cm³/mol. The zero-order chi connectivity index (χ0) is 22.9. The molecule has 0 aromatic heterocycles. The summed E-state index contributed by atoms with van der Waals surface area (Å²) < 4.78 is 11.3. The van der Waals surface area contributed by atoms with Crippen molar-refractivity contribution in [2.24, 2.45) is 0 Å². The van der Waals surface area contributed by atoms with Gasteiger partial charge in [0.05, 0.1) is 19.4 Å². The van der Waals surface area contributed by atoms with E-state index in [0.717, 1.165) is 6.16 Å². The fraction of sp³-hybridized carbons (Fsp3) is 0.296. The van der Waals surface area contributed by atoms with E-state index in [-0.39, 0.29) is 0 Å². The third-order valence-electron chi connectivity index (χ3n) is 5.08. The number of hydrogen-bond acceptors (Lipinski definition) is 3. The van der Waals surface area contributed by atoms with E-state index < -0.39 is 19.0 Å². The summed E-state index contributed by atoms with van der Waals surface area (Å²) in [7, 11) is -1.89. The van der Waals surface area contributed by atoms with Crippen molar-refractivity contribution < 1.29 is 14.3 Å². The Labute approximate surface area is 192 Å². The number of rotatable bonds is 9. The molecule has 0 aliphatic rings. The smallest absolute Gasteiger partial charge is 0.407 e. The van der Waals surface area contributed by atoms with Gasteiger partial charge in [-0.05, 0) is 57.2 Å². The summed E-state index contributed by atoms with van der Waals surface area (Å²) in [5.41, 5.74) is -0.504. The molecular weight excluding hydrogens is 417 g/mol. The molecule has 0 saturated carbocycles. The average molecular weight is 451 g/mol. The fourth-order valence-electron chi connectivity index (χ4n) is 3.72. The van der Waals surface area contributed by atoms with Gasteiger partial charge in [0.25, 0.3) is 0 Å². The van der Waals surface area contributed by atoms with Crippen molar-refractivity contribution in [1.82, 2.24) is 5.32 Å². The molecule has 168 valence electrons. The van der Waals surface area contributed by atoms with E-state index in [0.29, 0.717) is 19.8 Å². The molecule has 0 aliphatic carbocycles. The number of ether oxygens (including phenoxy) is 2. The van der Waals surface area contributed by atoms with Crippen LogP contribution in [0.5, 0.6) is 0 Å². The quantitative estimate of drug-likeness (QED) is 0.385. The molecule has 0 heterocycles. The van der Waals surface area contributed by atoms with Gasteiger partial charge in [-0.3, -0.25) is 0 Å². The first-order valence-electron chi connectivity index (χ1n) is 11.0. The van der Waals surface area contributed by atoms with Crippen molar-refractivity contribution in [2.75, 3.05) is 25.9 Å². The Bertz CT molecular complexity index is 860. The van der Waals surface area contributed by atoms with Crippen LogP contribution in [-0.4, -0.2) is 37.6 Å². The summed E-state index contributed by atoms with van der Waals surface area (Å²) in [6.45, 7) is 7.01. The number of benzene rings is 3. The Hall–Kier alpha value is -2.68. The standard InChI is InChI=1S/C27H32NO3P/c1-27(2,3)31-26(29)28-19-20-30-21-22-32(23-13-7-4-8-14-23,24-15-9-5-10-16-24)25-17-11-6-12-18-25/h4-18H,19-22H2,1-3H3/p+1. The van der Waals surface area contributed by atoms with Gasteiger partial charge in [0.1, 0.15) is 28.8 Å². The van der Waals surface area contributed by atoms with Crippen molar-refractivity contribution in [2.45, 2.75) is 26.4 Å². The van der Waals surface area contributed by atoms with E-state index in [1.165, 1.54) is 15.9 Å². The Morgan fingerprint density at radius 1 is 0.750 bits per heavy atom. The third-order valence-corrected chi connectivity index (χ3v) is 9.47. The van der Waals surface area contributed by atoms with E-state index in [1.54, 1.807) is 0 Å². The minimum Gasteiger partial charge on any atom is -0.444 e. The van der Waals surface area contributed by atoms with Gasteiger partial charge in [0, 0.05) is 6.54 Å². The molecular formula is C27H33NO3P+. The van der Waals surface area contributed by atoms with Gasteiger partial charge >= 0.3 is 6.09 Å². The van der Waals surface area contributed by atoms with Crippen LogP contribution in [0.3, 0.4) is 0 Å². The molecule has 0 aliphatic heterocycles. The van der Waals surface area contributed by atoms with Crippen LogP contribution in [0.1, 0.15) is 20.8 Å². The van der Waals surface area contributed by atoms with Crippen LogP contribution in [0.2, 0.25) is 0 Å². The van der Waals surface area contributed by atoms with Crippen molar-refractivity contribution in [3.8, 4) is 0 Å². The molecule has 32 heavy (non-hydrogen) atoms. The second kappa shape index (κ2) is 11.3. The summed E-state index contributed by atoms with van der Waals surface area (Å²) in [5.74, 6) is 0. The van der Waals surface area contributed by atoms with E-state index in [2.05, 4.69) is 96.3 Å². The first-order valence-corrected chi connectivity index (χ1v) is 13.0. The highest BCUT2D eigenvalue weighted by Crippen LogP contribution is 2.54. The zero-order valence-electron chi connectivity index (χ0n) is 19.2. The molecule has 3 aromatic rings. The van der Waals surface area contributed by atoms with Crippen LogP contribution >= 0.6 is 7.26 Å². The SMILES string of the molecule is CC(C)(C)OC(=O)NCCOCC[P+](c1ccccc1)(c1ccccc1)c1ccccc1. The second-order valence-electron chi connectivity index (χ2n) is 8.58. The van der Waals surface area contributed by atoms with Crippen LogP contribution < -0.4 is 21.2 Å². The van der Waals surface area contributed by atoms with E-state index >= 15 is 0 Å².